The van der Waals surface area contributed by atoms with Gasteiger partial charge in [0.05, 0.1) is 45.4 Å². The maximum absolute atomic E-state index is 5.83. The van der Waals surface area contributed by atoms with Crippen LogP contribution in [0.1, 0.15) is 62.3 Å². The number of hydrogen-bond acceptors (Lipinski definition) is 4. The fraction of sp³-hybridized carbons (Fsp3) is 0.400. The Hall–Kier alpha value is -3.54. The van der Waals surface area contributed by atoms with Gasteiger partial charge in [-0.05, 0) is 67.7 Å². The molecule has 0 amide bonds. The molecule has 1 aromatic carbocycles. The molecular weight excluding hydrogens is 450 g/mol. The van der Waals surface area contributed by atoms with Crippen molar-refractivity contribution in [2.45, 2.75) is 52.0 Å². The topological polar surface area (TPSA) is 48.5 Å². The minimum atomic E-state index is 0.449. The van der Waals surface area contributed by atoms with Gasteiger partial charge < -0.3 is 14.2 Å². The van der Waals surface area contributed by atoms with E-state index in [0.29, 0.717) is 19.0 Å². The first kappa shape index (κ1) is 27.1. The van der Waals surface area contributed by atoms with Gasteiger partial charge in [-0.25, -0.2) is 4.58 Å². The summed E-state index contributed by atoms with van der Waals surface area (Å²) in [5.41, 5.74) is 4.30. The van der Waals surface area contributed by atoms with Gasteiger partial charge in [-0.1, -0.05) is 38.1 Å². The van der Waals surface area contributed by atoms with Crippen molar-refractivity contribution in [1.29, 1.82) is 0 Å². The lowest BCUT2D eigenvalue weighted by Gasteiger charge is -2.26. The fourth-order valence-electron chi connectivity index (χ4n) is 4.40. The van der Waals surface area contributed by atoms with Crippen LogP contribution in [0.25, 0.3) is 5.76 Å². The molecule has 192 valence electrons. The second-order valence-electron chi connectivity index (χ2n) is 8.98. The van der Waals surface area contributed by atoms with Crippen LogP contribution in [0, 0.1) is 0 Å². The first-order chi connectivity index (χ1) is 17.4. The van der Waals surface area contributed by atoms with Gasteiger partial charge in [0, 0.05) is 5.92 Å². The molecule has 1 heterocycles. The molecule has 6 nitrogen and oxygen atoms in total. The van der Waals surface area contributed by atoms with E-state index in [4.69, 9.17) is 19.3 Å². The Bertz CT molecular complexity index is 1150. The van der Waals surface area contributed by atoms with Crippen molar-refractivity contribution in [2.24, 2.45) is 0 Å². The van der Waals surface area contributed by atoms with Crippen molar-refractivity contribution in [2.75, 3.05) is 27.9 Å². The maximum atomic E-state index is 5.83. The highest BCUT2D eigenvalue weighted by atomic mass is 16.5. The zero-order valence-corrected chi connectivity index (χ0v) is 22.4. The molecule has 36 heavy (non-hydrogen) atoms. The molecule has 0 aliphatic heterocycles. The second-order valence-corrected chi connectivity index (χ2v) is 8.98. The quantitative estimate of drug-likeness (QED) is 0.137. The Kier molecular flexibility index (Phi) is 9.74. The van der Waals surface area contributed by atoms with Gasteiger partial charge in [0.2, 0.25) is 0 Å². The average molecular weight is 491 g/mol. The molecule has 1 fully saturated rings. The molecule has 0 spiro atoms. The van der Waals surface area contributed by atoms with Gasteiger partial charge in [-0.2, -0.15) is 4.68 Å². The lowest BCUT2D eigenvalue weighted by molar-refractivity contribution is -0.425. The van der Waals surface area contributed by atoms with Crippen molar-refractivity contribution in [3.05, 3.63) is 83.3 Å². The molecular formula is C30H40N3O3+. The summed E-state index contributed by atoms with van der Waals surface area (Å²) in [6.45, 7) is 13.8. The van der Waals surface area contributed by atoms with Gasteiger partial charge in [-0.15, -0.1) is 0 Å². The van der Waals surface area contributed by atoms with E-state index in [0.717, 1.165) is 59.0 Å². The molecule has 1 aromatic heterocycles. The number of benzene rings is 1. The summed E-state index contributed by atoms with van der Waals surface area (Å²) in [6, 6.07) is 8.15. The first-order valence-electron chi connectivity index (χ1n) is 12.6. The molecule has 0 bridgehead atoms. The molecule has 0 saturated heterocycles. The average Bonchev–Trinajstić information content (AvgIpc) is 3.20. The molecule has 1 aliphatic rings. The zero-order valence-electron chi connectivity index (χ0n) is 22.4. The van der Waals surface area contributed by atoms with Gasteiger partial charge in [0.25, 0.3) is 0 Å². The van der Waals surface area contributed by atoms with E-state index in [2.05, 4.69) is 37.0 Å². The zero-order chi connectivity index (χ0) is 26.1. The van der Waals surface area contributed by atoms with Crippen molar-refractivity contribution < 1.29 is 18.8 Å². The largest absolute Gasteiger partial charge is 0.497 e. The molecule has 1 aliphatic carbocycles. The Labute approximate surface area is 215 Å². The van der Waals surface area contributed by atoms with E-state index in [-0.39, 0.29) is 0 Å². The summed E-state index contributed by atoms with van der Waals surface area (Å²) in [5.74, 6) is 3.73. The summed E-state index contributed by atoms with van der Waals surface area (Å²) in [5, 5.41) is 5.09. The minimum Gasteiger partial charge on any atom is -0.497 e. The molecule has 1 saturated carbocycles. The van der Waals surface area contributed by atoms with Crippen LogP contribution < -0.4 is 4.74 Å². The fourth-order valence-corrected chi connectivity index (χ4v) is 4.40. The monoisotopic (exact) mass is 490 g/mol. The first-order valence-corrected chi connectivity index (χ1v) is 12.6. The van der Waals surface area contributed by atoms with Gasteiger partial charge in [-0.3, -0.25) is 0 Å². The number of rotatable bonds is 13. The maximum Gasteiger partial charge on any atom is 0.361 e. The summed E-state index contributed by atoms with van der Waals surface area (Å²) in [4.78, 5) is 0. The number of hydrogen-bond donors (Lipinski definition) is 0. The highest BCUT2D eigenvalue weighted by Gasteiger charge is 2.36. The van der Waals surface area contributed by atoms with Crippen LogP contribution in [-0.2, 0) is 16.0 Å². The summed E-state index contributed by atoms with van der Waals surface area (Å²) in [7, 11) is 5.07. The van der Waals surface area contributed by atoms with Crippen LogP contribution in [0.15, 0.2) is 66.5 Å². The number of nitrogens with zero attached hydrogens (tertiary/aromatic N) is 3. The van der Waals surface area contributed by atoms with Gasteiger partial charge in [0.15, 0.2) is 0 Å². The van der Waals surface area contributed by atoms with Crippen molar-refractivity contribution in [3.63, 3.8) is 0 Å². The van der Waals surface area contributed by atoms with E-state index in [1.165, 1.54) is 12.1 Å². The van der Waals surface area contributed by atoms with E-state index in [9.17, 15) is 0 Å². The van der Waals surface area contributed by atoms with Crippen LogP contribution in [-0.4, -0.2) is 48.9 Å². The van der Waals surface area contributed by atoms with Crippen molar-refractivity contribution in [3.8, 4) is 5.75 Å². The van der Waals surface area contributed by atoms with E-state index < -0.39 is 0 Å². The SMILES string of the molecule is C=C(C=CC(=CCC)OC)C[N+](=C)c1nn(Cc2ccc(OC)cc2)c(C2CCC2)c1C(=CC)OC. The number of aromatic nitrogens is 2. The van der Waals surface area contributed by atoms with Crippen LogP contribution in [0.4, 0.5) is 5.82 Å². The molecule has 6 heteroatoms. The third kappa shape index (κ3) is 6.36. The van der Waals surface area contributed by atoms with Crippen LogP contribution in [0.3, 0.4) is 0 Å². The standard InChI is InChI=1S/C30H40N3O3/c1-8-11-25(34-5)17-14-22(3)20-32(4)30-28(27(9-2)36-7)29(24-12-10-13-24)33(31-30)21-23-15-18-26(35-6)19-16-23/h9,11,14-19,24H,3-4,8,10,12-13,20-21H2,1-2,5-7H3/q+1. The van der Waals surface area contributed by atoms with Crippen molar-refractivity contribution in [1.82, 2.24) is 9.78 Å². The van der Waals surface area contributed by atoms with Gasteiger partial charge in [0.1, 0.15) is 29.4 Å². The highest BCUT2D eigenvalue weighted by Crippen LogP contribution is 2.43. The lowest BCUT2D eigenvalue weighted by atomic mass is 9.81. The normalized spacial score (nSPS) is 14.6. The van der Waals surface area contributed by atoms with E-state index in [1.807, 2.05) is 47.9 Å². The summed E-state index contributed by atoms with van der Waals surface area (Å²) in [6.07, 6.45) is 12.4. The molecule has 0 N–H and O–H groups in total. The molecule has 0 unspecified atom stereocenters. The van der Waals surface area contributed by atoms with Gasteiger partial charge >= 0.3 is 5.82 Å². The van der Waals surface area contributed by atoms with Crippen LogP contribution in [0.2, 0.25) is 0 Å². The number of allylic oxidation sites excluding steroid dienone is 3. The predicted molar refractivity (Wildman–Crippen MR) is 147 cm³/mol. The molecule has 0 atom stereocenters. The Morgan fingerprint density at radius 2 is 1.86 bits per heavy atom. The molecule has 3 rings (SSSR count). The Morgan fingerprint density at radius 3 is 2.39 bits per heavy atom. The van der Waals surface area contributed by atoms with E-state index in [1.54, 1.807) is 21.3 Å². The smallest absolute Gasteiger partial charge is 0.361 e. The second kappa shape index (κ2) is 13.0. The predicted octanol–water partition coefficient (Wildman–Crippen LogP) is 6.61. The Balaban J connectivity index is 1.98. The van der Waals surface area contributed by atoms with Crippen LogP contribution >= 0.6 is 0 Å². The van der Waals surface area contributed by atoms with Crippen molar-refractivity contribution >= 4 is 18.3 Å². The number of ether oxygens (including phenoxy) is 3. The lowest BCUT2D eigenvalue weighted by Crippen LogP contribution is -2.17. The third-order valence-corrected chi connectivity index (χ3v) is 6.50. The minimum absolute atomic E-state index is 0.449. The third-order valence-electron chi connectivity index (χ3n) is 6.50. The highest BCUT2D eigenvalue weighted by molar-refractivity contribution is 5.70. The summed E-state index contributed by atoms with van der Waals surface area (Å²) >= 11 is 0. The molecule has 0 radical (unpaired) electrons. The Morgan fingerprint density at radius 1 is 1.14 bits per heavy atom. The molecule has 2 aromatic rings. The van der Waals surface area contributed by atoms with Crippen LogP contribution in [0.5, 0.6) is 5.75 Å². The number of methoxy groups -OCH3 is 3. The summed E-state index contributed by atoms with van der Waals surface area (Å²) < 4.78 is 20.6. The van der Waals surface area contributed by atoms with E-state index >= 15 is 0 Å².